The molecule has 13 heavy (non-hydrogen) atoms. The molecular formula is C6H8O7. The van der Waals surface area contributed by atoms with Gasteiger partial charge in [0, 0.05) is 0 Å². The molecule has 7 heteroatoms. The van der Waals surface area contributed by atoms with E-state index in [1.165, 1.54) is 0 Å². The van der Waals surface area contributed by atoms with Crippen molar-refractivity contribution in [3.63, 3.8) is 0 Å². The summed E-state index contributed by atoms with van der Waals surface area (Å²) in [5.74, 6) is -2.77. The number of carbonyl (C=O) groups excluding carboxylic acids is 1. The van der Waals surface area contributed by atoms with Crippen LogP contribution in [0, 0.1) is 0 Å². The highest BCUT2D eigenvalue weighted by Gasteiger charge is 2.48. The minimum absolute atomic E-state index is 1.14. The van der Waals surface area contributed by atoms with Crippen molar-refractivity contribution >= 4 is 11.9 Å². The lowest BCUT2D eigenvalue weighted by Crippen LogP contribution is -2.42. The molecule has 4 atom stereocenters. The van der Waals surface area contributed by atoms with Crippen molar-refractivity contribution in [1.29, 1.82) is 0 Å². The average molecular weight is 192 g/mol. The fourth-order valence-corrected chi connectivity index (χ4v) is 0.984. The lowest BCUT2D eigenvalue weighted by Gasteiger charge is -2.15. The summed E-state index contributed by atoms with van der Waals surface area (Å²) in [6.45, 7) is 0. The summed E-state index contributed by atoms with van der Waals surface area (Å²) in [6.07, 6.45) is -7.14. The third kappa shape index (κ3) is 1.62. The third-order valence-corrected chi connectivity index (χ3v) is 1.72. The molecule has 0 aliphatic carbocycles. The molecule has 0 aromatic rings. The minimum atomic E-state index is -2.03. The van der Waals surface area contributed by atoms with Crippen LogP contribution in [0.1, 0.15) is 0 Å². The second-order valence-electron chi connectivity index (χ2n) is 2.62. The maximum absolute atomic E-state index is 10.6. The molecular weight excluding hydrogens is 184 g/mol. The van der Waals surface area contributed by atoms with Gasteiger partial charge in [-0.3, -0.25) is 0 Å². The van der Waals surface area contributed by atoms with Crippen molar-refractivity contribution in [1.82, 2.24) is 0 Å². The van der Waals surface area contributed by atoms with Gasteiger partial charge in [0.2, 0.25) is 0 Å². The first-order valence-corrected chi connectivity index (χ1v) is 3.42. The van der Waals surface area contributed by atoms with Crippen molar-refractivity contribution < 1.29 is 34.8 Å². The number of carboxylic acids is 1. The van der Waals surface area contributed by atoms with Crippen LogP contribution in [0.25, 0.3) is 0 Å². The number of aliphatic hydroxyl groups excluding tert-OH is 3. The van der Waals surface area contributed by atoms with Crippen LogP contribution < -0.4 is 0 Å². The van der Waals surface area contributed by atoms with Gasteiger partial charge in [-0.1, -0.05) is 0 Å². The van der Waals surface area contributed by atoms with Gasteiger partial charge in [-0.25, -0.2) is 9.59 Å². The summed E-state index contributed by atoms with van der Waals surface area (Å²) in [5, 5.41) is 35.0. The molecule has 74 valence electrons. The molecule has 2 unspecified atom stereocenters. The molecule has 1 saturated heterocycles. The first kappa shape index (κ1) is 9.90. The first-order valence-electron chi connectivity index (χ1n) is 3.42. The quantitative estimate of drug-likeness (QED) is 0.345. The van der Waals surface area contributed by atoms with Gasteiger partial charge in [0.25, 0.3) is 0 Å². The molecule has 1 aliphatic rings. The van der Waals surface area contributed by atoms with Crippen LogP contribution in [-0.2, 0) is 14.3 Å². The van der Waals surface area contributed by atoms with Crippen LogP contribution in [0.4, 0.5) is 0 Å². The molecule has 4 N–H and O–H groups in total. The number of aliphatic hydroxyl groups is 3. The highest BCUT2D eigenvalue weighted by Crippen LogP contribution is 2.18. The number of hydrogen-bond donors (Lipinski definition) is 4. The van der Waals surface area contributed by atoms with Crippen LogP contribution in [0.15, 0.2) is 0 Å². The normalized spacial score (nSPS) is 35.6. The van der Waals surface area contributed by atoms with Gasteiger partial charge in [0.15, 0.2) is 18.3 Å². The molecule has 0 bridgehead atoms. The van der Waals surface area contributed by atoms with Crippen molar-refractivity contribution in [2.24, 2.45) is 0 Å². The number of rotatable bonds is 2. The van der Waals surface area contributed by atoms with Gasteiger partial charge >= 0.3 is 11.9 Å². The van der Waals surface area contributed by atoms with E-state index in [1.807, 2.05) is 0 Å². The molecule has 1 aliphatic heterocycles. The standard InChI is InChI=1S/C6H8O7/c7-1-2(8)6(12)13-4(1)3(9)5(10)11/h1-4,7-9H,(H,10,11)/t1-,2+,3?,4?/m1/s1. The molecule has 0 aromatic heterocycles. The highest BCUT2D eigenvalue weighted by molar-refractivity contribution is 5.80. The largest absolute Gasteiger partial charge is 0.479 e. The zero-order valence-electron chi connectivity index (χ0n) is 6.32. The molecule has 7 nitrogen and oxygen atoms in total. The Hall–Kier alpha value is -1.18. The zero-order chi connectivity index (χ0) is 10.2. The van der Waals surface area contributed by atoms with Gasteiger partial charge in [-0.2, -0.15) is 0 Å². The predicted molar refractivity (Wildman–Crippen MR) is 35.5 cm³/mol. The van der Waals surface area contributed by atoms with Crippen LogP contribution in [-0.4, -0.2) is 56.8 Å². The number of aliphatic carboxylic acids is 1. The topological polar surface area (TPSA) is 124 Å². The van der Waals surface area contributed by atoms with Crippen molar-refractivity contribution in [2.45, 2.75) is 24.4 Å². The predicted octanol–water partition coefficient (Wildman–Crippen LogP) is -2.92. The summed E-state index contributed by atoms with van der Waals surface area (Å²) in [5.41, 5.74) is 0. The number of esters is 1. The molecule has 1 fully saturated rings. The van der Waals surface area contributed by atoms with E-state index < -0.39 is 36.4 Å². The van der Waals surface area contributed by atoms with E-state index in [0.717, 1.165) is 0 Å². The number of carbonyl (C=O) groups is 2. The van der Waals surface area contributed by atoms with Crippen LogP contribution in [0.5, 0.6) is 0 Å². The average Bonchev–Trinajstić information content (AvgIpc) is 2.31. The molecule has 1 rings (SSSR count). The van der Waals surface area contributed by atoms with E-state index >= 15 is 0 Å². The Morgan fingerprint density at radius 2 is 2.00 bits per heavy atom. The smallest absolute Gasteiger partial charge is 0.338 e. The Bertz CT molecular complexity index is 237. The summed E-state index contributed by atoms with van der Waals surface area (Å²) in [6, 6.07) is 0. The third-order valence-electron chi connectivity index (χ3n) is 1.72. The second kappa shape index (κ2) is 3.29. The van der Waals surface area contributed by atoms with Crippen LogP contribution in [0.2, 0.25) is 0 Å². The Kier molecular flexibility index (Phi) is 2.50. The lowest BCUT2D eigenvalue weighted by molar-refractivity contribution is -0.161. The van der Waals surface area contributed by atoms with E-state index in [0.29, 0.717) is 0 Å². The molecule has 0 saturated carbocycles. The molecule has 0 spiro atoms. The summed E-state index contributed by atoms with van der Waals surface area (Å²) < 4.78 is 4.24. The zero-order valence-corrected chi connectivity index (χ0v) is 6.32. The summed E-state index contributed by atoms with van der Waals surface area (Å²) in [7, 11) is 0. The fourth-order valence-electron chi connectivity index (χ4n) is 0.984. The Labute approximate surface area is 72.2 Å². The van der Waals surface area contributed by atoms with Crippen LogP contribution >= 0.6 is 0 Å². The maximum Gasteiger partial charge on any atom is 0.338 e. The molecule has 0 radical (unpaired) electrons. The minimum Gasteiger partial charge on any atom is -0.479 e. The van der Waals surface area contributed by atoms with Gasteiger partial charge < -0.3 is 25.2 Å². The van der Waals surface area contributed by atoms with E-state index in [9.17, 15) is 9.59 Å². The van der Waals surface area contributed by atoms with E-state index in [1.54, 1.807) is 0 Å². The molecule has 1 heterocycles. The van der Waals surface area contributed by atoms with E-state index in [-0.39, 0.29) is 0 Å². The Balaban J connectivity index is 2.73. The summed E-state index contributed by atoms with van der Waals surface area (Å²) in [4.78, 5) is 20.8. The van der Waals surface area contributed by atoms with Crippen molar-refractivity contribution in [3.8, 4) is 0 Å². The second-order valence-corrected chi connectivity index (χ2v) is 2.62. The van der Waals surface area contributed by atoms with Gasteiger partial charge in [0.1, 0.15) is 6.10 Å². The Morgan fingerprint density at radius 3 is 2.31 bits per heavy atom. The van der Waals surface area contributed by atoms with Gasteiger partial charge in [-0.05, 0) is 0 Å². The fraction of sp³-hybridized carbons (Fsp3) is 0.667. The van der Waals surface area contributed by atoms with E-state index in [4.69, 9.17) is 20.4 Å². The number of carboxylic acid groups (broad SMARTS) is 1. The highest BCUT2D eigenvalue weighted by atomic mass is 16.6. The monoisotopic (exact) mass is 192 g/mol. The number of ether oxygens (including phenoxy) is 1. The van der Waals surface area contributed by atoms with Crippen molar-refractivity contribution in [2.75, 3.05) is 0 Å². The molecule has 0 amide bonds. The van der Waals surface area contributed by atoms with Gasteiger partial charge in [-0.15, -0.1) is 0 Å². The molecule has 0 aromatic carbocycles. The van der Waals surface area contributed by atoms with Crippen LogP contribution in [0.3, 0.4) is 0 Å². The van der Waals surface area contributed by atoms with Gasteiger partial charge in [0.05, 0.1) is 0 Å². The maximum atomic E-state index is 10.6. The summed E-state index contributed by atoms with van der Waals surface area (Å²) >= 11 is 0. The lowest BCUT2D eigenvalue weighted by atomic mass is 10.1. The number of cyclic esters (lactones) is 1. The van der Waals surface area contributed by atoms with Crippen molar-refractivity contribution in [3.05, 3.63) is 0 Å². The SMILES string of the molecule is O=C(O)C(O)C1OC(=O)[C@@H](O)[C@H]1O. The van der Waals surface area contributed by atoms with E-state index in [2.05, 4.69) is 4.74 Å². The number of hydrogen-bond acceptors (Lipinski definition) is 6. The Morgan fingerprint density at radius 1 is 1.46 bits per heavy atom. The first-order chi connectivity index (χ1) is 5.95.